The van der Waals surface area contributed by atoms with Crippen molar-refractivity contribution < 1.29 is 14.3 Å². The molecule has 0 saturated carbocycles. The van der Waals surface area contributed by atoms with E-state index in [0.29, 0.717) is 0 Å². The van der Waals surface area contributed by atoms with Crippen molar-refractivity contribution in [2.45, 2.75) is 51.1 Å². The van der Waals surface area contributed by atoms with E-state index in [9.17, 15) is 4.79 Å². The molecule has 0 aromatic heterocycles. The van der Waals surface area contributed by atoms with Gasteiger partial charge in [0.15, 0.2) is 17.7 Å². The Morgan fingerprint density at radius 2 is 2.27 bits per heavy atom. The summed E-state index contributed by atoms with van der Waals surface area (Å²) in [6, 6.07) is 0. The number of fused-ring (bicyclic) bond motifs is 1. The minimum Gasteiger partial charge on any atom is -0.341 e. The Labute approximate surface area is 103 Å². The van der Waals surface area contributed by atoms with Crippen LogP contribution in [0, 0.1) is 0 Å². The van der Waals surface area contributed by atoms with Crippen LogP contribution in [0.5, 0.6) is 0 Å². The lowest BCUT2D eigenvalue weighted by molar-refractivity contribution is -0.164. The molecule has 4 heteroatoms. The van der Waals surface area contributed by atoms with Gasteiger partial charge in [0.25, 0.3) is 0 Å². The first-order chi connectivity index (χ1) is 6.90. The van der Waals surface area contributed by atoms with Crippen molar-refractivity contribution in [2.75, 3.05) is 0 Å². The largest absolute Gasteiger partial charge is 0.341 e. The topological polar surface area (TPSA) is 35.5 Å². The average Bonchev–Trinajstić information content (AvgIpc) is 2.45. The third-order valence-corrected chi connectivity index (χ3v) is 4.00. The number of rotatable bonds is 1. The molecule has 0 bridgehead atoms. The summed E-state index contributed by atoms with van der Waals surface area (Å²) in [7, 11) is 0. The molecular weight excluding hydrogens is 307 g/mol. The molecule has 0 aromatic rings. The Morgan fingerprint density at radius 1 is 1.60 bits per heavy atom. The van der Waals surface area contributed by atoms with Crippen LogP contribution in [0.4, 0.5) is 0 Å². The zero-order chi connectivity index (χ0) is 11.3. The highest BCUT2D eigenvalue weighted by molar-refractivity contribution is 14.1. The number of ether oxygens (including phenoxy) is 2. The smallest absolute Gasteiger partial charge is 0.200 e. The second-order valence-electron chi connectivity index (χ2n) is 4.54. The van der Waals surface area contributed by atoms with Crippen LogP contribution in [0.15, 0.2) is 9.66 Å². The number of carbonyl (C=O) groups excluding carboxylic acids is 1. The summed E-state index contributed by atoms with van der Waals surface area (Å²) in [5.74, 6) is -0.583. The van der Waals surface area contributed by atoms with E-state index in [1.54, 1.807) is 0 Å². The normalized spacial score (nSPS) is 38.8. The Hall–Kier alpha value is 0.0600. The van der Waals surface area contributed by atoms with Crippen molar-refractivity contribution >= 4 is 28.4 Å². The third kappa shape index (κ3) is 1.76. The van der Waals surface area contributed by atoms with Gasteiger partial charge in [-0.25, -0.2) is 0 Å². The highest BCUT2D eigenvalue weighted by atomic mass is 127. The molecule has 1 aliphatic heterocycles. The maximum Gasteiger partial charge on any atom is 0.200 e. The molecule has 0 radical (unpaired) electrons. The third-order valence-electron chi connectivity index (χ3n) is 3.03. The fourth-order valence-electron chi connectivity index (χ4n) is 2.29. The Morgan fingerprint density at radius 3 is 2.87 bits per heavy atom. The summed E-state index contributed by atoms with van der Waals surface area (Å²) in [4.78, 5) is 12.0. The quantitative estimate of drug-likeness (QED) is 0.696. The summed E-state index contributed by atoms with van der Waals surface area (Å²) >= 11 is 2.07. The molecule has 1 heterocycles. The predicted octanol–water partition coefficient (Wildman–Crippen LogP) is 2.58. The molecule has 1 aliphatic carbocycles. The molecule has 2 atom stereocenters. The van der Waals surface area contributed by atoms with Crippen LogP contribution in [0.3, 0.4) is 0 Å². The van der Waals surface area contributed by atoms with Gasteiger partial charge < -0.3 is 9.47 Å². The molecule has 2 aliphatic rings. The van der Waals surface area contributed by atoms with Crippen LogP contribution in [0.2, 0.25) is 0 Å². The fourth-order valence-corrected chi connectivity index (χ4v) is 2.79. The number of ketones is 1. The van der Waals surface area contributed by atoms with E-state index >= 15 is 0 Å². The minimum atomic E-state index is -0.647. The van der Waals surface area contributed by atoms with Gasteiger partial charge in [-0.2, -0.15) is 0 Å². The van der Waals surface area contributed by atoms with Gasteiger partial charge in [-0.05, 0) is 49.3 Å². The lowest BCUT2D eigenvalue weighted by atomic mass is 9.84. The van der Waals surface area contributed by atoms with Gasteiger partial charge in [0.1, 0.15) is 5.60 Å². The van der Waals surface area contributed by atoms with E-state index in [1.165, 1.54) is 0 Å². The van der Waals surface area contributed by atoms with E-state index in [4.69, 9.17) is 9.47 Å². The van der Waals surface area contributed by atoms with Gasteiger partial charge in [0, 0.05) is 0 Å². The second kappa shape index (κ2) is 3.53. The van der Waals surface area contributed by atoms with Crippen LogP contribution < -0.4 is 0 Å². The number of Topliss-reactive ketones (excluding diaryl/α,β-unsaturated/α-hetero) is 1. The Balaban J connectivity index is 2.38. The fraction of sp³-hybridized carbons (Fsp3) is 0.727. The van der Waals surface area contributed by atoms with Gasteiger partial charge in [-0.1, -0.05) is 13.0 Å². The van der Waals surface area contributed by atoms with Crippen LogP contribution in [0.25, 0.3) is 0 Å². The van der Waals surface area contributed by atoms with Gasteiger partial charge in [0.2, 0.25) is 0 Å². The van der Waals surface area contributed by atoms with Gasteiger partial charge in [0.05, 0.1) is 3.58 Å². The van der Waals surface area contributed by atoms with Crippen molar-refractivity contribution in [3.8, 4) is 0 Å². The molecule has 0 spiro atoms. The first-order valence-electron chi connectivity index (χ1n) is 5.18. The average molecular weight is 322 g/mol. The van der Waals surface area contributed by atoms with E-state index in [-0.39, 0.29) is 5.78 Å². The molecule has 3 nitrogen and oxygen atoms in total. The molecular formula is C11H15IO3. The Bertz CT molecular complexity index is 335. The van der Waals surface area contributed by atoms with Gasteiger partial charge in [-0.15, -0.1) is 0 Å². The Kier molecular flexibility index (Phi) is 2.72. The number of halogens is 1. The van der Waals surface area contributed by atoms with E-state index < -0.39 is 17.5 Å². The highest BCUT2D eigenvalue weighted by Crippen LogP contribution is 2.45. The summed E-state index contributed by atoms with van der Waals surface area (Å²) in [5.41, 5.74) is -0.435. The van der Waals surface area contributed by atoms with Gasteiger partial charge >= 0.3 is 0 Å². The zero-order valence-electron chi connectivity index (χ0n) is 9.17. The van der Waals surface area contributed by atoms with Crippen LogP contribution in [-0.2, 0) is 14.3 Å². The number of hydrogen-bond acceptors (Lipinski definition) is 3. The first-order valence-corrected chi connectivity index (χ1v) is 6.26. The summed E-state index contributed by atoms with van der Waals surface area (Å²) < 4.78 is 12.4. The monoisotopic (exact) mass is 322 g/mol. The minimum absolute atomic E-state index is 0.0641. The lowest BCUT2D eigenvalue weighted by Crippen LogP contribution is -2.46. The SMILES string of the molecule is CC[C@]12CC=C(I)C(=O)[C@H]1OC(C)(C)O2. The molecule has 0 unspecified atom stereocenters. The van der Waals surface area contributed by atoms with E-state index in [1.807, 2.05) is 26.8 Å². The van der Waals surface area contributed by atoms with Crippen molar-refractivity contribution in [3.63, 3.8) is 0 Å². The molecule has 0 N–H and O–H groups in total. The highest BCUT2D eigenvalue weighted by Gasteiger charge is 2.56. The molecule has 0 amide bonds. The van der Waals surface area contributed by atoms with Gasteiger partial charge in [-0.3, -0.25) is 4.79 Å². The molecule has 84 valence electrons. The van der Waals surface area contributed by atoms with Crippen molar-refractivity contribution in [1.29, 1.82) is 0 Å². The maximum atomic E-state index is 12.0. The lowest BCUT2D eigenvalue weighted by Gasteiger charge is -2.33. The summed E-state index contributed by atoms with van der Waals surface area (Å²) in [5, 5.41) is 0. The van der Waals surface area contributed by atoms with E-state index in [2.05, 4.69) is 22.6 Å². The second-order valence-corrected chi connectivity index (χ2v) is 5.70. The van der Waals surface area contributed by atoms with Crippen LogP contribution in [0.1, 0.15) is 33.6 Å². The molecule has 1 saturated heterocycles. The van der Waals surface area contributed by atoms with Crippen LogP contribution in [-0.4, -0.2) is 23.3 Å². The first kappa shape index (κ1) is 11.5. The van der Waals surface area contributed by atoms with Crippen LogP contribution >= 0.6 is 22.6 Å². The number of carbonyl (C=O) groups is 1. The standard InChI is InChI=1S/C11H15IO3/c1-4-11-6-5-7(12)8(13)9(11)14-10(2,3)15-11/h5,9H,4,6H2,1-3H3/t9-,11+/m1/s1. The zero-order valence-corrected chi connectivity index (χ0v) is 11.3. The number of hydrogen-bond donors (Lipinski definition) is 0. The van der Waals surface area contributed by atoms with Crippen molar-refractivity contribution in [1.82, 2.24) is 0 Å². The molecule has 0 aromatic carbocycles. The van der Waals surface area contributed by atoms with E-state index in [0.717, 1.165) is 16.4 Å². The van der Waals surface area contributed by atoms with Crippen molar-refractivity contribution in [3.05, 3.63) is 9.66 Å². The molecule has 2 rings (SSSR count). The van der Waals surface area contributed by atoms with Crippen molar-refractivity contribution in [2.24, 2.45) is 0 Å². The summed E-state index contributed by atoms with van der Waals surface area (Å²) in [6.07, 6.45) is 3.09. The summed E-state index contributed by atoms with van der Waals surface area (Å²) in [6.45, 7) is 5.77. The predicted molar refractivity (Wildman–Crippen MR) is 64.8 cm³/mol. The molecule has 1 fully saturated rings. The molecule has 15 heavy (non-hydrogen) atoms. The maximum absolute atomic E-state index is 12.0.